The number of allylic oxidation sites excluding steroid dienone is 1. The smallest absolute Gasteiger partial charge is 0.276 e. The number of rotatable bonds is 7. The van der Waals surface area contributed by atoms with Crippen molar-refractivity contribution in [2.75, 3.05) is 11.9 Å². The number of carbonyl (C=O) groups is 2. The molecule has 0 aliphatic rings. The summed E-state index contributed by atoms with van der Waals surface area (Å²) in [4.78, 5) is 29.1. The minimum Gasteiger partial charge on any atom is -0.366 e. The number of nitrogens with two attached hydrogens (primary N) is 2. The number of fused-ring (bicyclic) bond motifs is 1. The summed E-state index contributed by atoms with van der Waals surface area (Å²) in [5, 5.41) is 7.19. The Labute approximate surface area is 192 Å². The highest BCUT2D eigenvalue weighted by Gasteiger charge is 2.19. The van der Waals surface area contributed by atoms with Gasteiger partial charge in [0.15, 0.2) is 0 Å². The summed E-state index contributed by atoms with van der Waals surface area (Å²) in [5.74, 6) is -0.460. The van der Waals surface area contributed by atoms with Crippen LogP contribution in [0.25, 0.3) is 11.0 Å². The molecule has 0 aliphatic heterocycles. The first-order valence-corrected chi connectivity index (χ1v) is 9.37. The first-order chi connectivity index (χ1) is 13.8. The average Bonchev–Trinajstić information content (AvgIpc) is 3.22. The highest BCUT2D eigenvalue weighted by molar-refractivity contribution is 6.03. The number of imidazole rings is 1. The number of nitrogens with one attached hydrogen (secondary N) is 1. The topological polar surface area (TPSA) is 134 Å². The number of benzene rings is 1. The number of hydrogen-bond acceptors (Lipinski definition) is 5. The Kier molecular flexibility index (Phi) is 9.23. The van der Waals surface area contributed by atoms with Crippen molar-refractivity contribution in [3.8, 4) is 0 Å². The fourth-order valence-electron chi connectivity index (χ4n) is 3.30. The van der Waals surface area contributed by atoms with Gasteiger partial charge in [-0.1, -0.05) is 12.2 Å². The minimum absolute atomic E-state index is 0. The van der Waals surface area contributed by atoms with Crippen LogP contribution in [0.4, 0.5) is 5.95 Å². The molecule has 1 aromatic carbocycles. The van der Waals surface area contributed by atoms with E-state index in [2.05, 4.69) is 15.4 Å². The minimum atomic E-state index is -0.527. The summed E-state index contributed by atoms with van der Waals surface area (Å²) in [6.07, 6.45) is 3.73. The maximum atomic E-state index is 12.9. The normalized spacial score (nSPS) is 10.7. The first kappa shape index (κ1) is 26.2. The first-order valence-electron chi connectivity index (χ1n) is 9.37. The van der Waals surface area contributed by atoms with Gasteiger partial charge < -0.3 is 16.0 Å². The molecule has 2 heterocycles. The quantitative estimate of drug-likeness (QED) is 0.459. The van der Waals surface area contributed by atoms with E-state index in [0.29, 0.717) is 42.4 Å². The zero-order valence-electron chi connectivity index (χ0n) is 17.6. The number of halogens is 2. The van der Waals surface area contributed by atoms with Gasteiger partial charge in [-0.2, -0.15) is 5.10 Å². The highest BCUT2D eigenvalue weighted by atomic mass is 35.5. The Morgan fingerprint density at radius 3 is 2.48 bits per heavy atom. The van der Waals surface area contributed by atoms with Crippen LogP contribution < -0.4 is 16.8 Å². The SMILES string of the molecule is CCn1nc(C)cc1C(=O)Nc1nc2cc(C(N)=O)cc(C)c2n1C/C=C/CN.Cl.Cl. The summed E-state index contributed by atoms with van der Waals surface area (Å²) in [5.41, 5.74) is 14.8. The van der Waals surface area contributed by atoms with E-state index >= 15 is 0 Å². The van der Waals surface area contributed by atoms with Crippen molar-refractivity contribution < 1.29 is 9.59 Å². The van der Waals surface area contributed by atoms with Crippen molar-refractivity contribution in [1.29, 1.82) is 0 Å². The van der Waals surface area contributed by atoms with Crippen LogP contribution in [0.15, 0.2) is 30.4 Å². The molecule has 5 N–H and O–H groups in total. The third kappa shape index (κ3) is 5.43. The number of primary amides is 1. The van der Waals surface area contributed by atoms with Crippen LogP contribution >= 0.6 is 24.8 Å². The van der Waals surface area contributed by atoms with E-state index in [-0.39, 0.29) is 30.7 Å². The molecule has 2 aromatic heterocycles. The van der Waals surface area contributed by atoms with Crippen molar-refractivity contribution in [3.05, 3.63) is 52.9 Å². The zero-order chi connectivity index (χ0) is 21.1. The van der Waals surface area contributed by atoms with Gasteiger partial charge in [-0.25, -0.2) is 4.98 Å². The molecular weight excluding hydrogens is 441 g/mol. The summed E-state index contributed by atoms with van der Waals surface area (Å²) in [7, 11) is 0. The zero-order valence-corrected chi connectivity index (χ0v) is 19.2. The van der Waals surface area contributed by atoms with Crippen LogP contribution in [0.3, 0.4) is 0 Å². The van der Waals surface area contributed by atoms with Crippen molar-refractivity contribution >= 4 is 53.6 Å². The van der Waals surface area contributed by atoms with Gasteiger partial charge >= 0.3 is 0 Å². The maximum Gasteiger partial charge on any atom is 0.276 e. The van der Waals surface area contributed by atoms with Gasteiger partial charge in [0.2, 0.25) is 11.9 Å². The Morgan fingerprint density at radius 2 is 1.87 bits per heavy atom. The summed E-state index contributed by atoms with van der Waals surface area (Å²) < 4.78 is 3.52. The lowest BCUT2D eigenvalue weighted by Gasteiger charge is -2.10. The molecule has 0 saturated heterocycles. The summed E-state index contributed by atoms with van der Waals surface area (Å²) >= 11 is 0. The van der Waals surface area contributed by atoms with Crippen molar-refractivity contribution in [3.63, 3.8) is 0 Å². The van der Waals surface area contributed by atoms with Crippen LogP contribution in [0.1, 0.15) is 39.0 Å². The van der Waals surface area contributed by atoms with E-state index in [9.17, 15) is 9.59 Å². The lowest BCUT2D eigenvalue weighted by molar-refractivity contribution is 0.0996. The van der Waals surface area contributed by atoms with E-state index in [1.807, 2.05) is 37.5 Å². The largest absolute Gasteiger partial charge is 0.366 e. The van der Waals surface area contributed by atoms with Crippen molar-refractivity contribution in [1.82, 2.24) is 19.3 Å². The predicted octanol–water partition coefficient (Wildman–Crippen LogP) is 2.58. The van der Waals surface area contributed by atoms with E-state index in [4.69, 9.17) is 11.5 Å². The second kappa shape index (κ2) is 10.9. The molecule has 0 unspecified atom stereocenters. The summed E-state index contributed by atoms with van der Waals surface area (Å²) in [6, 6.07) is 5.08. The number of carbonyl (C=O) groups excluding carboxylic acids is 2. The van der Waals surface area contributed by atoms with Gasteiger partial charge in [0.1, 0.15) is 5.69 Å². The molecule has 11 heteroatoms. The number of aromatic nitrogens is 4. The number of amides is 2. The molecule has 0 radical (unpaired) electrons. The fourth-order valence-corrected chi connectivity index (χ4v) is 3.30. The van der Waals surface area contributed by atoms with E-state index in [1.165, 1.54) is 0 Å². The molecule has 0 aliphatic carbocycles. The molecule has 0 atom stereocenters. The monoisotopic (exact) mass is 467 g/mol. The second-order valence-electron chi connectivity index (χ2n) is 6.72. The summed E-state index contributed by atoms with van der Waals surface area (Å²) in [6.45, 7) is 7.09. The van der Waals surface area contributed by atoms with Gasteiger partial charge in [-0.05, 0) is 44.5 Å². The maximum absolute atomic E-state index is 12.9. The van der Waals surface area contributed by atoms with Crippen molar-refractivity contribution in [2.24, 2.45) is 11.5 Å². The molecule has 0 spiro atoms. The Hall–Kier alpha value is -2.88. The predicted molar refractivity (Wildman–Crippen MR) is 126 cm³/mol. The Bertz CT molecular complexity index is 1120. The van der Waals surface area contributed by atoms with Gasteiger partial charge in [0, 0.05) is 25.2 Å². The third-order valence-electron chi connectivity index (χ3n) is 4.57. The van der Waals surface area contributed by atoms with Gasteiger partial charge in [-0.3, -0.25) is 19.6 Å². The van der Waals surface area contributed by atoms with Crippen LogP contribution in [0.5, 0.6) is 0 Å². The molecule has 31 heavy (non-hydrogen) atoms. The van der Waals surface area contributed by atoms with Crippen molar-refractivity contribution in [2.45, 2.75) is 33.9 Å². The number of nitrogens with zero attached hydrogens (tertiary/aromatic N) is 4. The average molecular weight is 468 g/mol. The van der Waals surface area contributed by atoms with Crippen LogP contribution in [-0.4, -0.2) is 37.7 Å². The number of aryl methyl sites for hydroxylation is 3. The fraction of sp³-hybridized carbons (Fsp3) is 0.300. The Balaban J connectivity index is 0.00000240. The van der Waals surface area contributed by atoms with E-state index < -0.39 is 5.91 Å². The lowest BCUT2D eigenvalue weighted by Crippen LogP contribution is -2.20. The number of anilines is 1. The molecular formula is C20H27Cl2N7O2. The molecule has 9 nitrogen and oxygen atoms in total. The molecule has 168 valence electrons. The number of hydrogen-bond donors (Lipinski definition) is 3. The molecule has 0 saturated carbocycles. The van der Waals surface area contributed by atoms with Gasteiger partial charge in [0.05, 0.1) is 16.7 Å². The van der Waals surface area contributed by atoms with Crippen LogP contribution in [0, 0.1) is 13.8 Å². The highest BCUT2D eigenvalue weighted by Crippen LogP contribution is 2.25. The van der Waals surface area contributed by atoms with Crippen LogP contribution in [-0.2, 0) is 13.1 Å². The van der Waals surface area contributed by atoms with Gasteiger partial charge in [0.25, 0.3) is 5.91 Å². The molecule has 0 fully saturated rings. The lowest BCUT2D eigenvalue weighted by atomic mass is 10.1. The third-order valence-corrected chi connectivity index (χ3v) is 4.57. The standard InChI is InChI=1S/C20H25N7O2.2ClH/c1-4-27-16(10-13(3)25-27)19(29)24-20-23-15-11-14(18(22)28)9-12(2)17(15)26(20)8-6-5-7-21;;/h5-6,9-11H,4,7-8,21H2,1-3H3,(H2,22,28)(H,23,24,29);2*1H/b6-5+;;. The second-order valence-corrected chi connectivity index (χ2v) is 6.72. The van der Waals surface area contributed by atoms with E-state index in [0.717, 1.165) is 16.8 Å². The molecule has 3 aromatic rings. The molecule has 2 amide bonds. The molecule has 0 bridgehead atoms. The van der Waals surface area contributed by atoms with E-state index in [1.54, 1.807) is 22.9 Å². The Morgan fingerprint density at radius 1 is 1.16 bits per heavy atom. The van der Waals surface area contributed by atoms with Gasteiger partial charge in [-0.15, -0.1) is 24.8 Å². The molecule has 3 rings (SSSR count). The van der Waals surface area contributed by atoms with Crippen LogP contribution in [0.2, 0.25) is 0 Å².